The van der Waals surface area contributed by atoms with Gasteiger partial charge >= 0.3 is 6.18 Å². The van der Waals surface area contributed by atoms with Gasteiger partial charge in [0.25, 0.3) is 11.8 Å². The number of nitrogens with zero attached hydrogens (tertiary/aromatic N) is 3. The van der Waals surface area contributed by atoms with Crippen molar-refractivity contribution >= 4 is 23.4 Å². The zero-order valence-corrected chi connectivity index (χ0v) is 28.0. The number of fused-ring (bicyclic) bond motifs is 10. The molecule has 13 heteroatoms. The number of nitrogens with one attached hydrogen (secondary N) is 4. The highest BCUT2D eigenvalue weighted by molar-refractivity contribution is 6.29. The molecule has 5 aromatic rings. The Bertz CT molecular complexity index is 2330. The van der Waals surface area contributed by atoms with Crippen molar-refractivity contribution in [2.24, 2.45) is 0 Å². The maximum absolute atomic E-state index is 12.8. The molecule has 51 heavy (non-hydrogen) atoms. The lowest BCUT2D eigenvalue weighted by atomic mass is 9.87. The number of aromatic amines is 2. The Morgan fingerprint density at radius 3 is 1.75 bits per heavy atom. The zero-order valence-electron chi connectivity index (χ0n) is 27.3. The number of hydrogen-bond donors (Lipinski definition) is 4. The number of amides is 2. The molecule has 258 valence electrons. The monoisotopic (exact) mass is 709 g/mol. The highest BCUT2D eigenvalue weighted by atomic mass is 35.5. The Morgan fingerprint density at radius 1 is 0.686 bits per heavy atom. The van der Waals surface area contributed by atoms with Crippen molar-refractivity contribution in [2.45, 2.75) is 81.5 Å². The van der Waals surface area contributed by atoms with E-state index in [1.807, 2.05) is 18.3 Å². The molecule has 0 unspecified atom stereocenters. The summed E-state index contributed by atoms with van der Waals surface area (Å²) in [7, 11) is 0. The lowest BCUT2D eigenvalue weighted by Gasteiger charge is -2.24. The standard InChI is InChI=1S/C22H17F3N4O.C16H14ClN3O/c23-22(24,25)17-4-2-12(10-27-17)15-7-14-11(9-26-15)1-3-13-18-16(28-19(13)14)8-21(5-6-21)29-20(18)30;17-12-5-10-8(7-18-12)1-2-9-13-11(19-14(9)10)6-16(3-4-16)20-15(13)21/h2,4,7,9-10,28H,1,3,5-6,8H2,(H,29,30);5,7,19H,1-4,6H2,(H,20,21). The second-order valence-corrected chi connectivity index (χ2v) is 15.2. The van der Waals surface area contributed by atoms with Crippen molar-refractivity contribution < 1.29 is 22.8 Å². The number of H-pyrrole nitrogens is 2. The Kier molecular flexibility index (Phi) is 6.37. The summed E-state index contributed by atoms with van der Waals surface area (Å²) in [6.45, 7) is 0. The summed E-state index contributed by atoms with van der Waals surface area (Å²) in [4.78, 5) is 44.4. The third-order valence-electron chi connectivity index (χ3n) is 11.4. The lowest BCUT2D eigenvalue weighted by Crippen LogP contribution is -2.43. The summed E-state index contributed by atoms with van der Waals surface area (Å²) in [5, 5.41) is 6.86. The molecule has 0 saturated heterocycles. The number of alkyl halides is 3. The smallest absolute Gasteiger partial charge is 0.357 e. The van der Waals surface area contributed by atoms with E-state index in [1.54, 1.807) is 6.20 Å². The molecule has 2 aliphatic heterocycles. The number of halogens is 4. The first-order chi connectivity index (χ1) is 24.5. The van der Waals surface area contributed by atoms with Crippen LogP contribution in [0.4, 0.5) is 13.2 Å². The van der Waals surface area contributed by atoms with Gasteiger partial charge in [-0.3, -0.25) is 19.6 Å². The molecule has 6 aliphatic rings. The maximum Gasteiger partial charge on any atom is 0.433 e. The molecular weight excluding hydrogens is 679 g/mol. The molecule has 4 aliphatic carbocycles. The number of carbonyl (C=O) groups excluding carboxylic acids is 2. The van der Waals surface area contributed by atoms with Crippen LogP contribution in [0.2, 0.25) is 5.15 Å². The Morgan fingerprint density at radius 2 is 1.24 bits per heavy atom. The van der Waals surface area contributed by atoms with Gasteiger partial charge in [-0.05, 0) is 97.9 Å². The van der Waals surface area contributed by atoms with Crippen LogP contribution in [0.25, 0.3) is 33.8 Å². The fourth-order valence-corrected chi connectivity index (χ4v) is 8.60. The van der Waals surface area contributed by atoms with Gasteiger partial charge in [0.05, 0.1) is 28.2 Å². The molecule has 0 bridgehead atoms. The quantitative estimate of drug-likeness (QED) is 0.144. The number of carbonyl (C=O) groups is 2. The molecular formula is C38H31ClF3N7O2. The molecule has 9 nitrogen and oxygen atoms in total. The molecule has 11 rings (SSSR count). The second-order valence-electron chi connectivity index (χ2n) is 14.8. The number of aromatic nitrogens is 5. The average molecular weight is 710 g/mol. The fraction of sp³-hybridized carbons (Fsp3) is 0.342. The maximum atomic E-state index is 12.8. The molecule has 5 aromatic heterocycles. The molecule has 0 radical (unpaired) electrons. The van der Waals surface area contributed by atoms with E-state index in [9.17, 15) is 22.8 Å². The second kappa shape index (κ2) is 10.5. The van der Waals surface area contributed by atoms with Crippen LogP contribution >= 0.6 is 11.6 Å². The first-order valence-electron chi connectivity index (χ1n) is 17.3. The van der Waals surface area contributed by atoms with Crippen molar-refractivity contribution in [3.63, 3.8) is 0 Å². The molecule has 4 N–H and O–H groups in total. The number of pyridine rings is 3. The largest absolute Gasteiger partial charge is 0.433 e. The van der Waals surface area contributed by atoms with Crippen molar-refractivity contribution in [3.8, 4) is 33.8 Å². The highest BCUT2D eigenvalue weighted by Crippen LogP contribution is 2.47. The van der Waals surface area contributed by atoms with E-state index in [1.165, 1.54) is 17.8 Å². The van der Waals surface area contributed by atoms with Crippen LogP contribution in [0.5, 0.6) is 0 Å². The van der Waals surface area contributed by atoms with Crippen molar-refractivity contribution in [1.82, 2.24) is 35.6 Å². The van der Waals surface area contributed by atoms with Gasteiger partial charge in [0.1, 0.15) is 10.8 Å². The van der Waals surface area contributed by atoms with Gasteiger partial charge in [-0.1, -0.05) is 11.6 Å². The third-order valence-corrected chi connectivity index (χ3v) is 11.6. The van der Waals surface area contributed by atoms with Gasteiger partial charge in [-0.2, -0.15) is 13.2 Å². The summed E-state index contributed by atoms with van der Waals surface area (Å²) < 4.78 is 38.4. The van der Waals surface area contributed by atoms with Crippen LogP contribution < -0.4 is 10.6 Å². The number of rotatable bonds is 1. The van der Waals surface area contributed by atoms with E-state index in [0.717, 1.165) is 132 Å². The van der Waals surface area contributed by atoms with Crippen molar-refractivity contribution in [3.05, 3.63) is 98.5 Å². The van der Waals surface area contributed by atoms with E-state index >= 15 is 0 Å². The van der Waals surface area contributed by atoms with E-state index in [4.69, 9.17) is 11.6 Å². The van der Waals surface area contributed by atoms with Gasteiger partial charge in [0.15, 0.2) is 0 Å². The molecule has 0 aromatic carbocycles. The van der Waals surface area contributed by atoms with Crippen molar-refractivity contribution in [1.29, 1.82) is 0 Å². The minimum absolute atomic E-state index is 0.00378. The minimum Gasteiger partial charge on any atom is -0.357 e. The summed E-state index contributed by atoms with van der Waals surface area (Å²) in [6.07, 6.45) is 9.62. The van der Waals surface area contributed by atoms with Crippen LogP contribution in [0.3, 0.4) is 0 Å². The third kappa shape index (κ3) is 5.01. The molecule has 7 heterocycles. The van der Waals surface area contributed by atoms with Gasteiger partial charge in [0, 0.05) is 70.6 Å². The zero-order chi connectivity index (χ0) is 34.9. The SMILES string of the molecule is O=C1NC2(CC2)Cc2[nH]c3c(c21)CCc1cnc(-c2ccc(C(F)(F)F)nc2)cc1-3.O=C1NC2(CC2)Cc2[nH]c3c(c21)CCc1cnc(Cl)cc1-3. The van der Waals surface area contributed by atoms with E-state index in [0.29, 0.717) is 16.4 Å². The Labute approximate surface area is 294 Å². The molecule has 2 spiro atoms. The fourth-order valence-electron chi connectivity index (χ4n) is 8.44. The first kappa shape index (κ1) is 30.8. The minimum atomic E-state index is -4.47. The Hall–Kier alpha value is -4.97. The normalized spacial score (nSPS) is 19.3. The molecule has 0 atom stereocenters. The van der Waals surface area contributed by atoms with E-state index < -0.39 is 11.9 Å². The summed E-state index contributed by atoms with van der Waals surface area (Å²) in [5.41, 5.74) is 12.3. The van der Waals surface area contributed by atoms with E-state index in [-0.39, 0.29) is 22.9 Å². The summed E-state index contributed by atoms with van der Waals surface area (Å²) in [5.74, 6) is 0.0887. The first-order valence-corrected chi connectivity index (χ1v) is 17.7. The highest BCUT2D eigenvalue weighted by Gasteiger charge is 2.50. The topological polar surface area (TPSA) is 128 Å². The van der Waals surface area contributed by atoms with Gasteiger partial charge in [-0.15, -0.1) is 0 Å². The predicted molar refractivity (Wildman–Crippen MR) is 182 cm³/mol. The van der Waals surface area contributed by atoms with Crippen LogP contribution in [0.1, 0.15) is 85.7 Å². The molecule has 2 saturated carbocycles. The lowest BCUT2D eigenvalue weighted by molar-refractivity contribution is -0.141. The summed E-state index contributed by atoms with van der Waals surface area (Å²) >= 11 is 6.05. The average Bonchev–Trinajstić information content (AvgIpc) is 3.94. The number of hydrogen-bond acceptors (Lipinski definition) is 5. The van der Waals surface area contributed by atoms with Crippen LogP contribution in [0.15, 0.2) is 42.9 Å². The predicted octanol–water partition coefficient (Wildman–Crippen LogP) is 6.72. The van der Waals surface area contributed by atoms with Gasteiger partial charge < -0.3 is 20.6 Å². The Balaban J connectivity index is 0.000000136. The van der Waals surface area contributed by atoms with E-state index in [2.05, 4.69) is 35.6 Å². The van der Waals surface area contributed by atoms with Crippen LogP contribution in [-0.2, 0) is 44.7 Å². The summed E-state index contributed by atoms with van der Waals surface area (Å²) in [6, 6.07) is 6.14. The molecule has 2 amide bonds. The van der Waals surface area contributed by atoms with Gasteiger partial charge in [0.2, 0.25) is 0 Å². The van der Waals surface area contributed by atoms with Crippen molar-refractivity contribution in [2.75, 3.05) is 0 Å². The number of aryl methyl sites for hydroxylation is 2. The van der Waals surface area contributed by atoms with Crippen LogP contribution in [0, 0.1) is 0 Å². The van der Waals surface area contributed by atoms with Gasteiger partial charge in [-0.25, -0.2) is 4.98 Å². The van der Waals surface area contributed by atoms with Crippen LogP contribution in [-0.4, -0.2) is 47.8 Å². The molecule has 2 fully saturated rings.